The number of ketones is 1. The molecule has 0 aliphatic heterocycles. The summed E-state index contributed by atoms with van der Waals surface area (Å²) in [5.41, 5.74) is 8.74. The first kappa shape index (κ1) is 58.3. The molecule has 0 saturated heterocycles. The van der Waals surface area contributed by atoms with E-state index in [1.807, 2.05) is 59.9 Å². The molecule has 1 aromatic rings. The van der Waals surface area contributed by atoms with Gasteiger partial charge in [-0.1, -0.05) is 131 Å². The molecule has 1 aromatic carbocycles. The van der Waals surface area contributed by atoms with Gasteiger partial charge in [0.25, 0.3) is 0 Å². The number of rotatable bonds is 20. The first-order chi connectivity index (χ1) is 28.3. The molecule has 60 heavy (non-hydrogen) atoms. The van der Waals surface area contributed by atoms with E-state index in [1.165, 1.54) is 24.5 Å². The van der Waals surface area contributed by atoms with Crippen LogP contribution in [0.4, 0.5) is 4.79 Å². The van der Waals surface area contributed by atoms with Gasteiger partial charge in [-0.05, 0) is 112 Å². The summed E-state index contributed by atoms with van der Waals surface area (Å²) in [5, 5.41) is 15.4. The Morgan fingerprint density at radius 3 is 1.90 bits per heavy atom. The van der Waals surface area contributed by atoms with Gasteiger partial charge in [-0.25, -0.2) is 4.79 Å². The molecule has 1 fully saturated rings. The molecular weight excluding hydrogens is 749 g/mol. The predicted molar refractivity (Wildman–Crippen MR) is 256 cm³/mol. The fraction of sp³-hybridized carbons (Fsp3) is 0.680. The summed E-state index contributed by atoms with van der Waals surface area (Å²) < 4.78 is 0. The summed E-state index contributed by atoms with van der Waals surface area (Å²) in [6, 6.07) is 7.03. The highest BCUT2D eigenvalue weighted by atomic mass is 16.2. The Balaban J connectivity index is 0. The molecule has 0 aromatic heterocycles. The van der Waals surface area contributed by atoms with Gasteiger partial charge in [0, 0.05) is 31.1 Å². The minimum absolute atomic E-state index is 0.0127. The minimum atomic E-state index is -0.684. The monoisotopic (exact) mass is 839 g/mol. The van der Waals surface area contributed by atoms with Gasteiger partial charge in [0.05, 0.1) is 0 Å². The molecule has 0 bridgehead atoms. The van der Waals surface area contributed by atoms with Gasteiger partial charge in [0.15, 0.2) is 5.78 Å². The molecule has 10 heteroatoms. The third-order valence-corrected chi connectivity index (χ3v) is 10.5. The smallest absolute Gasteiger partial charge is 0.315 e. The largest absolute Gasteiger partial charge is 0.354 e. The highest BCUT2D eigenvalue weighted by Crippen LogP contribution is 2.44. The van der Waals surface area contributed by atoms with Crippen LogP contribution < -0.4 is 32.3 Å². The second-order valence-electron chi connectivity index (χ2n) is 17.3. The number of hydrogen-bond acceptors (Lipinski definition) is 6. The van der Waals surface area contributed by atoms with Crippen molar-refractivity contribution in [2.45, 2.75) is 165 Å². The van der Waals surface area contributed by atoms with E-state index in [4.69, 9.17) is 5.73 Å². The van der Waals surface area contributed by atoms with Gasteiger partial charge in [0.2, 0.25) is 11.8 Å². The standard InChI is InChI=1S/C39H60N4O4.C4H9N.C3H8.C2H7N.C2H6/c1-10-11-16-32(19-25(4)27(6)44)41-36(45)26(5)33-22-31(33)23-40-37(46)35(30-20-28-14-12-13-15-29(28)21-30)43-38(47)42-34(39(7,8)9)18-17-24(2)3;1-3-4-5-2;1-3-2;1-2-3;1-2/h12-15,26,30-35H,2,4,10-11,16-23H2,1,3,5-9H3,(H,40,46)(H,41,45)(H2,42,43,47);3,5H,1,4H2,2H3;3H2,1-2H3;2-3H2,1H3;1-2H3/t26?,31-,32?,33+,34?,35?;;;;/m0..../s1. The maximum Gasteiger partial charge on any atom is 0.315 e. The number of likely N-dealkylation sites (N-methyl/N-ethyl adjacent to an activating group) is 1. The van der Waals surface area contributed by atoms with Crippen LogP contribution in [0.5, 0.6) is 0 Å². The molecule has 2 aliphatic carbocycles. The van der Waals surface area contributed by atoms with Crippen molar-refractivity contribution in [2.24, 2.45) is 34.8 Å². The number of urea groups is 1. The van der Waals surface area contributed by atoms with Crippen molar-refractivity contribution in [3.8, 4) is 0 Å². The fourth-order valence-electron chi connectivity index (χ4n) is 6.93. The van der Waals surface area contributed by atoms with E-state index in [0.717, 1.165) is 70.0 Å². The number of unbranched alkanes of at least 4 members (excludes halogenated alkanes) is 1. The van der Waals surface area contributed by atoms with Crippen molar-refractivity contribution in [3.05, 3.63) is 72.4 Å². The van der Waals surface area contributed by atoms with E-state index in [9.17, 15) is 19.2 Å². The summed E-state index contributed by atoms with van der Waals surface area (Å²) in [6.07, 6.45) is 10.2. The van der Waals surface area contributed by atoms with Crippen molar-refractivity contribution in [1.29, 1.82) is 0 Å². The van der Waals surface area contributed by atoms with Gasteiger partial charge >= 0.3 is 6.03 Å². The van der Waals surface area contributed by atoms with Crippen molar-refractivity contribution in [3.63, 3.8) is 0 Å². The number of amides is 4. The quantitative estimate of drug-likeness (QED) is 0.0569. The third kappa shape index (κ3) is 24.5. The molecule has 2 aliphatic rings. The van der Waals surface area contributed by atoms with Crippen LogP contribution in [0.1, 0.15) is 146 Å². The van der Waals surface area contributed by atoms with Crippen LogP contribution in [0.3, 0.4) is 0 Å². The zero-order chi connectivity index (χ0) is 46.4. The van der Waals surface area contributed by atoms with Crippen LogP contribution in [0.2, 0.25) is 0 Å². The number of carbonyl (C=O) groups is 4. The van der Waals surface area contributed by atoms with Crippen LogP contribution >= 0.6 is 0 Å². The number of benzene rings is 1. The van der Waals surface area contributed by atoms with E-state index in [2.05, 4.69) is 100.0 Å². The second-order valence-corrected chi connectivity index (χ2v) is 17.3. The number of allylic oxidation sites excluding steroid dienone is 1. The molecule has 4 unspecified atom stereocenters. The van der Waals surface area contributed by atoms with Crippen molar-refractivity contribution in [1.82, 2.24) is 26.6 Å². The van der Waals surface area contributed by atoms with Gasteiger partial charge in [-0.3, -0.25) is 14.4 Å². The SMILES string of the molecule is C=C(C)CCC(NC(=O)NC(C(=O)NC[C@@H]1C[C@@H]1C(C)C(=O)NC(CCCC)CC(=C)C(C)=O)C1Cc2ccccc2C1)C(C)(C)C.C=CCNC.CC.CCC.CCN. The van der Waals surface area contributed by atoms with Crippen molar-refractivity contribution < 1.29 is 19.2 Å². The summed E-state index contributed by atoms with van der Waals surface area (Å²) in [7, 11) is 1.89. The first-order valence-electron chi connectivity index (χ1n) is 22.9. The van der Waals surface area contributed by atoms with Crippen LogP contribution in [0.15, 0.2) is 61.2 Å². The van der Waals surface area contributed by atoms with E-state index in [0.29, 0.717) is 18.5 Å². The van der Waals surface area contributed by atoms with Crippen LogP contribution in [0.25, 0.3) is 0 Å². The molecule has 0 spiro atoms. The van der Waals surface area contributed by atoms with Crippen LogP contribution in [-0.4, -0.2) is 68.4 Å². The lowest BCUT2D eigenvalue weighted by molar-refractivity contribution is -0.126. The Kier molecular flexibility index (Phi) is 32.0. The average molecular weight is 839 g/mol. The number of carbonyl (C=O) groups excluding carboxylic acids is 4. The van der Waals surface area contributed by atoms with Gasteiger partial charge in [0.1, 0.15) is 6.04 Å². The first-order valence-corrected chi connectivity index (χ1v) is 22.9. The van der Waals surface area contributed by atoms with Gasteiger partial charge < -0.3 is 32.3 Å². The Morgan fingerprint density at radius 2 is 1.47 bits per heavy atom. The van der Waals surface area contributed by atoms with Gasteiger partial charge in [-0.2, -0.15) is 0 Å². The number of nitrogens with two attached hydrogens (primary N) is 1. The predicted octanol–water partition coefficient (Wildman–Crippen LogP) is 9.24. The minimum Gasteiger partial charge on any atom is -0.354 e. The van der Waals surface area contributed by atoms with Crippen LogP contribution in [0, 0.1) is 29.1 Å². The lowest BCUT2D eigenvalue weighted by atomic mass is 9.83. The van der Waals surface area contributed by atoms with E-state index in [1.54, 1.807) is 0 Å². The normalized spacial score (nSPS) is 16.8. The average Bonchev–Trinajstić information content (AvgIpc) is 3.85. The highest BCUT2D eigenvalue weighted by Gasteiger charge is 2.44. The Morgan fingerprint density at radius 1 is 0.917 bits per heavy atom. The van der Waals surface area contributed by atoms with E-state index >= 15 is 0 Å². The molecule has 1 saturated carbocycles. The summed E-state index contributed by atoms with van der Waals surface area (Å²) in [5.74, 6) is -0.127. The maximum atomic E-state index is 13.8. The fourth-order valence-corrected chi connectivity index (χ4v) is 6.93. The number of nitrogens with one attached hydrogen (secondary N) is 5. The molecule has 344 valence electrons. The molecule has 3 rings (SSSR count). The number of Topliss-reactive ketones (excluding diaryl/α,β-unsaturated/α-hetero) is 1. The van der Waals surface area contributed by atoms with Gasteiger partial charge in [-0.15, -0.1) is 13.2 Å². The molecule has 7 N–H and O–H groups in total. The zero-order valence-electron chi connectivity index (χ0n) is 40.5. The highest BCUT2D eigenvalue weighted by molar-refractivity contribution is 5.92. The molecule has 0 radical (unpaired) electrons. The Hall–Kier alpha value is -3.76. The zero-order valence-corrected chi connectivity index (χ0v) is 40.5. The second kappa shape index (κ2) is 32.9. The topological polar surface area (TPSA) is 154 Å². The maximum absolute atomic E-state index is 13.8. The Bertz CT molecular complexity index is 1390. The summed E-state index contributed by atoms with van der Waals surface area (Å²) in [6.45, 7) is 37.5. The lowest BCUT2D eigenvalue weighted by Crippen LogP contribution is -2.56. The molecule has 4 amide bonds. The Labute approximate surface area is 367 Å². The van der Waals surface area contributed by atoms with Crippen molar-refractivity contribution in [2.75, 3.05) is 26.7 Å². The number of hydrogen-bond donors (Lipinski definition) is 6. The summed E-state index contributed by atoms with van der Waals surface area (Å²) in [4.78, 5) is 52.2. The van der Waals surface area contributed by atoms with E-state index < -0.39 is 6.04 Å². The molecular formula is C50H90N6O4. The third-order valence-electron chi connectivity index (χ3n) is 10.5. The lowest BCUT2D eigenvalue weighted by Gasteiger charge is -2.33. The number of fused-ring (bicyclic) bond motifs is 1. The molecule has 10 nitrogen and oxygen atoms in total. The van der Waals surface area contributed by atoms with Crippen molar-refractivity contribution >= 4 is 23.6 Å². The molecule has 6 atom stereocenters. The van der Waals surface area contributed by atoms with Crippen LogP contribution in [-0.2, 0) is 27.2 Å². The van der Waals surface area contributed by atoms with E-state index in [-0.39, 0.29) is 64.8 Å². The molecule has 0 heterocycles. The summed E-state index contributed by atoms with van der Waals surface area (Å²) >= 11 is 0.